The summed E-state index contributed by atoms with van der Waals surface area (Å²) in [7, 11) is -0.696. The molecule has 0 atom stereocenters. The van der Waals surface area contributed by atoms with Gasteiger partial charge in [0.2, 0.25) is 0 Å². The molecule has 0 saturated heterocycles. The van der Waals surface area contributed by atoms with Gasteiger partial charge in [0.1, 0.15) is 11.5 Å². The second-order valence-electron chi connectivity index (χ2n) is 6.77. The van der Waals surface area contributed by atoms with Crippen molar-refractivity contribution in [3.05, 3.63) is 66.7 Å². The van der Waals surface area contributed by atoms with Crippen LogP contribution in [0.4, 0.5) is 21.3 Å². The Hall–Kier alpha value is -3.83. The highest BCUT2D eigenvalue weighted by atomic mass is 32.2. The first-order valence-corrected chi connectivity index (χ1v) is 12.0. The van der Waals surface area contributed by atoms with Gasteiger partial charge >= 0.3 is 6.03 Å². The minimum Gasteiger partial charge on any atom is -0.497 e. The number of nitrogens with zero attached hydrogens (tertiary/aromatic N) is 1. The van der Waals surface area contributed by atoms with Crippen molar-refractivity contribution in [1.82, 2.24) is 4.98 Å². The molecule has 9 nitrogen and oxygen atoms in total. The van der Waals surface area contributed by atoms with E-state index >= 15 is 0 Å². The van der Waals surface area contributed by atoms with E-state index in [1.807, 2.05) is 0 Å². The topological polar surface area (TPSA) is 119 Å². The number of methoxy groups -OCH3 is 2. The molecule has 0 aliphatic rings. The number of hydrogen-bond acceptors (Lipinski definition) is 7. The van der Waals surface area contributed by atoms with Crippen LogP contribution < -0.4 is 24.8 Å². The van der Waals surface area contributed by atoms with Crippen molar-refractivity contribution in [2.45, 2.75) is 4.90 Å². The maximum Gasteiger partial charge on any atom is 0.323 e. The van der Waals surface area contributed by atoms with Gasteiger partial charge in [-0.3, -0.25) is 4.72 Å². The lowest BCUT2D eigenvalue weighted by molar-refractivity contribution is 0.262. The molecule has 1 aromatic heterocycles. The summed E-state index contributed by atoms with van der Waals surface area (Å²) in [6, 6.07) is 17.7. The average Bonchev–Trinajstić information content (AvgIpc) is 3.20. The van der Waals surface area contributed by atoms with Gasteiger partial charge in [-0.05, 0) is 42.5 Å². The molecule has 3 aromatic carbocycles. The maximum absolute atomic E-state index is 12.5. The third-order valence-corrected chi connectivity index (χ3v) is 7.00. The highest BCUT2D eigenvalue weighted by Gasteiger charge is 2.16. The second kappa shape index (κ2) is 9.35. The number of benzene rings is 3. The van der Waals surface area contributed by atoms with Crippen LogP contribution in [0.25, 0.3) is 10.2 Å². The van der Waals surface area contributed by atoms with Crippen LogP contribution in [0.1, 0.15) is 0 Å². The lowest BCUT2D eigenvalue weighted by atomic mass is 10.2. The van der Waals surface area contributed by atoms with Crippen molar-refractivity contribution >= 4 is 54.1 Å². The number of aromatic nitrogens is 1. The average molecular weight is 485 g/mol. The van der Waals surface area contributed by atoms with Gasteiger partial charge in [0.15, 0.2) is 5.13 Å². The van der Waals surface area contributed by atoms with E-state index in [-0.39, 0.29) is 10.0 Å². The number of nitrogens with one attached hydrogen (secondary N) is 3. The molecule has 0 aliphatic heterocycles. The van der Waals surface area contributed by atoms with Crippen LogP contribution in [-0.2, 0) is 10.0 Å². The molecule has 0 bridgehead atoms. The molecule has 0 unspecified atom stereocenters. The van der Waals surface area contributed by atoms with E-state index in [1.165, 1.54) is 30.6 Å². The Labute approximate surface area is 194 Å². The van der Waals surface area contributed by atoms with E-state index < -0.39 is 16.1 Å². The summed E-state index contributed by atoms with van der Waals surface area (Å²) in [6.45, 7) is 0. The Morgan fingerprint density at radius 3 is 2.45 bits per heavy atom. The van der Waals surface area contributed by atoms with Crippen LogP contribution >= 0.6 is 11.3 Å². The van der Waals surface area contributed by atoms with Crippen molar-refractivity contribution in [3.63, 3.8) is 0 Å². The fourth-order valence-corrected chi connectivity index (χ4v) is 5.17. The number of amides is 2. The molecule has 1 heterocycles. The maximum atomic E-state index is 12.5. The van der Waals surface area contributed by atoms with E-state index in [9.17, 15) is 13.2 Å². The summed E-state index contributed by atoms with van der Waals surface area (Å²) in [5, 5.41) is 5.71. The molecule has 4 rings (SSSR count). The van der Waals surface area contributed by atoms with Gasteiger partial charge in [0, 0.05) is 11.8 Å². The van der Waals surface area contributed by atoms with Gasteiger partial charge in [-0.25, -0.2) is 18.2 Å². The molecular formula is C22H20N4O5S2. The zero-order valence-corrected chi connectivity index (χ0v) is 19.3. The Kier molecular flexibility index (Phi) is 6.33. The first-order chi connectivity index (χ1) is 15.9. The lowest BCUT2D eigenvalue weighted by Gasteiger charge is -2.12. The molecule has 3 N–H and O–H groups in total. The third-order valence-electron chi connectivity index (χ3n) is 4.58. The van der Waals surface area contributed by atoms with Crippen LogP contribution in [-0.4, -0.2) is 33.7 Å². The first kappa shape index (κ1) is 22.4. The zero-order valence-electron chi connectivity index (χ0n) is 17.7. The standard InChI is InChI=1S/C22H20N4O5S2/c1-30-15-9-11-17(19(13-15)31-2)24-21(27)23-14-8-10-18-20(12-14)32-22(25-18)26-33(28,29)16-6-4-3-5-7-16/h3-13H,1-2H3,(H,25,26)(H2,23,24,27). The smallest absolute Gasteiger partial charge is 0.323 e. The largest absolute Gasteiger partial charge is 0.497 e. The molecule has 0 saturated carbocycles. The Morgan fingerprint density at radius 2 is 1.73 bits per heavy atom. The van der Waals surface area contributed by atoms with Crippen LogP contribution in [0.3, 0.4) is 0 Å². The number of fused-ring (bicyclic) bond motifs is 1. The van der Waals surface area contributed by atoms with Crippen LogP contribution in [0.15, 0.2) is 71.6 Å². The Bertz CT molecular complexity index is 1410. The van der Waals surface area contributed by atoms with Crippen LogP contribution in [0.5, 0.6) is 11.5 Å². The van der Waals surface area contributed by atoms with Gasteiger partial charge in [0.25, 0.3) is 10.0 Å². The summed E-state index contributed by atoms with van der Waals surface area (Å²) in [6.07, 6.45) is 0. The minimum absolute atomic E-state index is 0.150. The fraction of sp³-hybridized carbons (Fsp3) is 0.0909. The third kappa shape index (κ3) is 5.16. The summed E-state index contributed by atoms with van der Waals surface area (Å²) in [5.74, 6) is 1.06. The molecule has 33 heavy (non-hydrogen) atoms. The Balaban J connectivity index is 1.48. The first-order valence-electron chi connectivity index (χ1n) is 9.66. The van der Waals surface area contributed by atoms with Crippen molar-refractivity contribution in [2.24, 2.45) is 0 Å². The van der Waals surface area contributed by atoms with Crippen molar-refractivity contribution in [1.29, 1.82) is 0 Å². The summed E-state index contributed by atoms with van der Waals surface area (Å²) in [4.78, 5) is 16.9. The molecule has 4 aromatic rings. The number of thiazole rings is 1. The van der Waals surface area contributed by atoms with E-state index in [0.29, 0.717) is 33.1 Å². The van der Waals surface area contributed by atoms with E-state index in [1.54, 1.807) is 61.7 Å². The number of rotatable bonds is 7. The fourth-order valence-electron chi connectivity index (χ4n) is 3.01. The molecule has 0 aliphatic carbocycles. The molecule has 0 fully saturated rings. The van der Waals surface area contributed by atoms with Crippen molar-refractivity contribution < 1.29 is 22.7 Å². The molecule has 170 valence electrons. The number of carbonyl (C=O) groups is 1. The predicted molar refractivity (Wildman–Crippen MR) is 129 cm³/mol. The molecule has 0 radical (unpaired) electrons. The summed E-state index contributed by atoms with van der Waals surface area (Å²) >= 11 is 1.17. The van der Waals surface area contributed by atoms with Crippen LogP contribution in [0, 0.1) is 0 Å². The van der Waals surface area contributed by atoms with Crippen molar-refractivity contribution in [3.8, 4) is 11.5 Å². The molecule has 0 spiro atoms. The van der Waals surface area contributed by atoms with Crippen LogP contribution in [0.2, 0.25) is 0 Å². The zero-order chi connectivity index (χ0) is 23.4. The van der Waals surface area contributed by atoms with Gasteiger partial charge < -0.3 is 20.1 Å². The van der Waals surface area contributed by atoms with Crippen molar-refractivity contribution in [2.75, 3.05) is 29.6 Å². The van der Waals surface area contributed by atoms with Gasteiger partial charge in [-0.15, -0.1) is 0 Å². The van der Waals surface area contributed by atoms with Gasteiger partial charge in [-0.2, -0.15) is 0 Å². The number of urea groups is 1. The monoisotopic (exact) mass is 484 g/mol. The second-order valence-corrected chi connectivity index (χ2v) is 9.48. The normalized spacial score (nSPS) is 11.1. The highest BCUT2D eigenvalue weighted by molar-refractivity contribution is 7.93. The SMILES string of the molecule is COc1ccc(NC(=O)Nc2ccc3nc(NS(=O)(=O)c4ccccc4)sc3c2)c(OC)c1. The number of sulfonamides is 1. The predicted octanol–water partition coefficient (Wildman–Crippen LogP) is 4.76. The number of anilines is 3. The molecular weight excluding hydrogens is 464 g/mol. The summed E-state index contributed by atoms with van der Waals surface area (Å²) < 4.78 is 38.7. The Morgan fingerprint density at radius 1 is 0.939 bits per heavy atom. The van der Waals surface area contributed by atoms with E-state index in [4.69, 9.17) is 9.47 Å². The number of carbonyl (C=O) groups excluding carboxylic acids is 1. The molecule has 2 amide bonds. The molecule has 11 heteroatoms. The van der Waals surface area contributed by atoms with Gasteiger partial charge in [0.05, 0.1) is 35.0 Å². The van der Waals surface area contributed by atoms with Gasteiger partial charge in [-0.1, -0.05) is 29.5 Å². The quantitative estimate of drug-likeness (QED) is 0.348. The lowest BCUT2D eigenvalue weighted by Crippen LogP contribution is -2.19. The van der Waals surface area contributed by atoms with E-state index in [2.05, 4.69) is 20.3 Å². The number of hydrogen-bond donors (Lipinski definition) is 3. The van der Waals surface area contributed by atoms with E-state index in [0.717, 1.165) is 0 Å². The minimum atomic E-state index is -3.74. The number of ether oxygens (including phenoxy) is 2. The highest BCUT2D eigenvalue weighted by Crippen LogP contribution is 2.31. The summed E-state index contributed by atoms with van der Waals surface area (Å²) in [5.41, 5.74) is 1.61.